The number of ether oxygens (including phenoxy) is 1. The van der Waals surface area contributed by atoms with Crippen molar-refractivity contribution in [3.8, 4) is 5.75 Å². The van der Waals surface area contributed by atoms with E-state index in [9.17, 15) is 21.6 Å². The summed E-state index contributed by atoms with van der Waals surface area (Å²) >= 11 is 0. The number of nitrogens with zero attached hydrogens (tertiary/aromatic N) is 2. The molecule has 0 unspecified atom stereocenters. The van der Waals surface area contributed by atoms with E-state index in [0.717, 1.165) is 4.31 Å². The molecule has 0 radical (unpaired) electrons. The Labute approximate surface area is 191 Å². The Kier molecular flexibility index (Phi) is 5.78. The van der Waals surface area contributed by atoms with Gasteiger partial charge in [0.2, 0.25) is 10.0 Å². The highest BCUT2D eigenvalue weighted by Crippen LogP contribution is 2.27. The molecule has 33 heavy (non-hydrogen) atoms. The molecule has 0 atom stereocenters. The normalized spacial score (nSPS) is 14.5. The monoisotopic (exact) mass is 485 g/mol. The first-order valence-corrected chi connectivity index (χ1v) is 12.5. The van der Waals surface area contributed by atoms with Crippen molar-refractivity contribution in [2.24, 2.45) is 4.40 Å². The molecule has 9 nitrogen and oxygen atoms in total. The smallest absolute Gasteiger partial charge is 0.343 e. The second kappa shape index (κ2) is 8.43. The molecule has 0 saturated heterocycles. The predicted molar refractivity (Wildman–Crippen MR) is 123 cm³/mol. The fraction of sp³-hybridized carbons (Fsp3) is 0.0909. The first kappa shape index (κ1) is 22.6. The van der Waals surface area contributed by atoms with Crippen molar-refractivity contribution in [2.75, 3.05) is 19.4 Å². The third-order valence-electron chi connectivity index (χ3n) is 4.81. The Morgan fingerprint density at radius 3 is 2.36 bits per heavy atom. The molecule has 0 saturated carbocycles. The van der Waals surface area contributed by atoms with Crippen LogP contribution in [0.25, 0.3) is 0 Å². The van der Waals surface area contributed by atoms with E-state index < -0.39 is 26.0 Å². The molecule has 0 aromatic heterocycles. The van der Waals surface area contributed by atoms with E-state index in [1.54, 1.807) is 36.4 Å². The largest absolute Gasteiger partial charge is 0.423 e. The average molecular weight is 486 g/mol. The third-order valence-corrected chi connectivity index (χ3v) is 7.97. The number of sulfonamides is 2. The zero-order valence-electron chi connectivity index (χ0n) is 17.6. The van der Waals surface area contributed by atoms with E-state index in [2.05, 4.69) is 9.71 Å². The van der Waals surface area contributed by atoms with Crippen LogP contribution in [-0.4, -0.2) is 47.0 Å². The second-order valence-corrected chi connectivity index (χ2v) is 11.0. The molecule has 0 aliphatic carbocycles. The molecule has 11 heteroatoms. The molecule has 1 aliphatic rings. The highest BCUT2D eigenvalue weighted by Gasteiger charge is 2.28. The maximum atomic E-state index is 12.5. The maximum absolute atomic E-state index is 12.5. The molecular weight excluding hydrogens is 466 g/mol. The summed E-state index contributed by atoms with van der Waals surface area (Å²) in [5.41, 5.74) is 1.09. The van der Waals surface area contributed by atoms with Crippen molar-refractivity contribution >= 4 is 37.5 Å². The van der Waals surface area contributed by atoms with Crippen molar-refractivity contribution in [3.05, 3.63) is 83.9 Å². The molecule has 0 fully saturated rings. The van der Waals surface area contributed by atoms with Crippen LogP contribution in [0.15, 0.2) is 87.0 Å². The van der Waals surface area contributed by atoms with Crippen molar-refractivity contribution in [3.63, 3.8) is 0 Å². The Balaban J connectivity index is 1.51. The molecule has 170 valence electrons. The van der Waals surface area contributed by atoms with Crippen LogP contribution in [0.2, 0.25) is 0 Å². The van der Waals surface area contributed by atoms with E-state index in [1.165, 1.54) is 50.5 Å². The van der Waals surface area contributed by atoms with Crippen molar-refractivity contribution < 1.29 is 26.4 Å². The van der Waals surface area contributed by atoms with Gasteiger partial charge in [-0.15, -0.1) is 4.40 Å². The van der Waals surface area contributed by atoms with Crippen LogP contribution >= 0.6 is 0 Å². The van der Waals surface area contributed by atoms with Crippen LogP contribution < -0.4 is 10.1 Å². The lowest BCUT2D eigenvalue weighted by Crippen LogP contribution is -2.22. The molecule has 3 aromatic carbocycles. The fourth-order valence-electron chi connectivity index (χ4n) is 3.11. The summed E-state index contributed by atoms with van der Waals surface area (Å²) in [6, 6.07) is 18.3. The highest BCUT2D eigenvalue weighted by atomic mass is 32.2. The fourth-order valence-corrected chi connectivity index (χ4v) is 5.19. The molecule has 1 heterocycles. The highest BCUT2D eigenvalue weighted by molar-refractivity contribution is 7.90. The summed E-state index contributed by atoms with van der Waals surface area (Å²) < 4.78 is 59.0. The summed E-state index contributed by atoms with van der Waals surface area (Å²) in [5, 5.41) is 2.95. The summed E-state index contributed by atoms with van der Waals surface area (Å²) in [6.07, 6.45) is 0. The van der Waals surface area contributed by atoms with Gasteiger partial charge in [-0.2, -0.15) is 8.42 Å². The van der Waals surface area contributed by atoms with Crippen molar-refractivity contribution in [1.29, 1.82) is 0 Å². The molecule has 1 N–H and O–H groups in total. The van der Waals surface area contributed by atoms with Crippen LogP contribution in [0.1, 0.15) is 15.9 Å². The first-order valence-electron chi connectivity index (χ1n) is 9.64. The zero-order chi connectivity index (χ0) is 23.8. The second-order valence-electron chi connectivity index (χ2n) is 7.27. The van der Waals surface area contributed by atoms with Crippen LogP contribution in [0.3, 0.4) is 0 Å². The summed E-state index contributed by atoms with van der Waals surface area (Å²) in [7, 11) is -4.53. The van der Waals surface area contributed by atoms with E-state index in [1.807, 2.05) is 0 Å². The molecular formula is C22H19N3O6S2. The van der Waals surface area contributed by atoms with E-state index in [0.29, 0.717) is 11.3 Å². The summed E-state index contributed by atoms with van der Waals surface area (Å²) in [6.45, 7) is 0. The topological polar surface area (TPSA) is 122 Å². The minimum Gasteiger partial charge on any atom is -0.423 e. The molecule has 1 aliphatic heterocycles. The van der Waals surface area contributed by atoms with Crippen LogP contribution in [0.4, 0.5) is 5.69 Å². The Morgan fingerprint density at radius 2 is 1.67 bits per heavy atom. The van der Waals surface area contributed by atoms with Crippen LogP contribution in [0, 0.1) is 0 Å². The number of hydrogen-bond donors (Lipinski definition) is 1. The number of benzene rings is 3. The number of carbonyl (C=O) groups is 1. The minimum atomic E-state index is -3.77. The molecule has 3 aromatic rings. The lowest BCUT2D eigenvalue weighted by molar-refractivity contribution is 0.0734. The van der Waals surface area contributed by atoms with Gasteiger partial charge >= 0.3 is 5.97 Å². The van der Waals surface area contributed by atoms with Gasteiger partial charge in [0.05, 0.1) is 10.5 Å². The standard InChI is InChI=1S/C22H19N3O6S2/c1-25(2)33(29,30)18-12-10-15(11-13-18)22(26)31-17-7-5-6-16(14-17)23-21-19-8-3-4-9-20(19)32(27,28)24-21/h3-14H,1-2H3,(H,23,24). The minimum absolute atomic E-state index is 0.0582. The first-order chi connectivity index (χ1) is 15.6. The maximum Gasteiger partial charge on any atom is 0.343 e. The predicted octanol–water partition coefficient (Wildman–Crippen LogP) is 2.72. The van der Waals surface area contributed by atoms with Gasteiger partial charge in [0, 0.05) is 31.4 Å². The van der Waals surface area contributed by atoms with Crippen LogP contribution in [0.5, 0.6) is 5.75 Å². The molecule has 4 rings (SSSR count). The van der Waals surface area contributed by atoms with Gasteiger partial charge in [0.25, 0.3) is 10.0 Å². The van der Waals surface area contributed by atoms with Gasteiger partial charge in [-0.25, -0.2) is 17.5 Å². The molecule has 0 bridgehead atoms. The van der Waals surface area contributed by atoms with E-state index >= 15 is 0 Å². The van der Waals surface area contributed by atoms with E-state index in [4.69, 9.17) is 4.74 Å². The van der Waals surface area contributed by atoms with Gasteiger partial charge in [0.1, 0.15) is 10.6 Å². The number of carbonyl (C=O) groups excluding carboxylic acids is 1. The van der Waals surface area contributed by atoms with E-state index in [-0.39, 0.29) is 26.9 Å². The zero-order valence-corrected chi connectivity index (χ0v) is 19.2. The lowest BCUT2D eigenvalue weighted by Gasteiger charge is -2.12. The molecule has 0 amide bonds. The number of anilines is 1. The van der Waals surface area contributed by atoms with Gasteiger partial charge in [-0.1, -0.05) is 18.2 Å². The Morgan fingerprint density at radius 1 is 0.970 bits per heavy atom. The quantitative estimate of drug-likeness (QED) is 0.435. The SMILES string of the molecule is CN(C)S(=O)(=O)c1ccc(C(=O)Oc2cccc(NC3=NS(=O)(=O)c4ccccc43)c2)cc1. The van der Waals surface area contributed by atoms with Gasteiger partial charge < -0.3 is 10.1 Å². The average Bonchev–Trinajstić information content (AvgIpc) is 3.04. The Bertz CT molecular complexity index is 1480. The van der Waals surface area contributed by atoms with Crippen molar-refractivity contribution in [2.45, 2.75) is 9.79 Å². The number of amidine groups is 1. The summed E-state index contributed by atoms with van der Waals surface area (Å²) in [5.74, 6) is -0.288. The number of nitrogens with one attached hydrogen (secondary N) is 1. The van der Waals surface area contributed by atoms with Gasteiger partial charge in [0.15, 0.2) is 5.84 Å². The number of fused-ring (bicyclic) bond motifs is 1. The number of esters is 1. The summed E-state index contributed by atoms with van der Waals surface area (Å²) in [4.78, 5) is 12.7. The third kappa shape index (κ3) is 4.51. The van der Waals surface area contributed by atoms with Gasteiger partial charge in [-0.3, -0.25) is 0 Å². The number of hydrogen-bond acceptors (Lipinski definition) is 7. The van der Waals surface area contributed by atoms with Crippen molar-refractivity contribution in [1.82, 2.24) is 4.31 Å². The van der Waals surface area contributed by atoms with Crippen LogP contribution in [-0.2, 0) is 20.0 Å². The number of rotatable bonds is 5. The van der Waals surface area contributed by atoms with Gasteiger partial charge in [-0.05, 0) is 48.5 Å². The Hall–Kier alpha value is -3.54. The molecule has 0 spiro atoms. The lowest BCUT2D eigenvalue weighted by atomic mass is 10.2.